The Morgan fingerprint density at radius 3 is 1.11 bits per heavy atom. The van der Waals surface area contributed by atoms with Crippen molar-refractivity contribution in [1.82, 2.24) is 9.97 Å². The van der Waals surface area contributed by atoms with Crippen molar-refractivity contribution in [3.8, 4) is 55.9 Å². The number of hydrogen-bond donors (Lipinski definition) is 0. The van der Waals surface area contributed by atoms with Crippen molar-refractivity contribution in [1.29, 1.82) is 0 Å². The van der Waals surface area contributed by atoms with Crippen LogP contribution in [0.4, 0.5) is 0 Å². The van der Waals surface area contributed by atoms with Gasteiger partial charge in [-0.05, 0) is 141 Å². The van der Waals surface area contributed by atoms with Crippen molar-refractivity contribution in [3.63, 3.8) is 0 Å². The molecule has 2 aromatic heterocycles. The predicted molar refractivity (Wildman–Crippen MR) is 221 cm³/mol. The number of aldehydes is 2. The van der Waals surface area contributed by atoms with Crippen LogP contribution in [0, 0.1) is 0 Å². The molecule has 0 saturated carbocycles. The second-order valence-corrected chi connectivity index (χ2v) is 15.4. The van der Waals surface area contributed by atoms with Crippen LogP contribution in [-0.2, 0) is 10.8 Å². The summed E-state index contributed by atoms with van der Waals surface area (Å²) in [4.78, 5) is 33.4. The van der Waals surface area contributed by atoms with Crippen LogP contribution in [0.25, 0.3) is 55.9 Å². The maximum absolute atomic E-state index is 11.9. The topological polar surface area (TPSA) is 59.9 Å². The van der Waals surface area contributed by atoms with Gasteiger partial charge in [-0.3, -0.25) is 19.6 Å². The summed E-state index contributed by atoms with van der Waals surface area (Å²) in [6.45, 7) is 9.05. The molecule has 270 valence electrons. The number of rotatable bonds is 13. The van der Waals surface area contributed by atoms with Gasteiger partial charge in [-0.15, -0.1) is 0 Å². The van der Waals surface area contributed by atoms with E-state index in [0.29, 0.717) is 0 Å². The van der Waals surface area contributed by atoms with E-state index in [0.717, 1.165) is 109 Å². The van der Waals surface area contributed by atoms with E-state index in [-0.39, 0.29) is 10.8 Å². The van der Waals surface area contributed by atoms with E-state index >= 15 is 0 Å². The Balaban J connectivity index is 1.17. The summed E-state index contributed by atoms with van der Waals surface area (Å²) in [6.07, 6.45) is 14.1. The maximum Gasteiger partial charge on any atom is 0.150 e. The molecule has 4 heteroatoms. The molecule has 6 aromatic rings. The molecule has 4 aromatic carbocycles. The molecule has 0 unspecified atom stereocenters. The van der Waals surface area contributed by atoms with E-state index in [1.807, 2.05) is 24.5 Å². The van der Waals surface area contributed by atoms with Crippen LogP contribution in [0.2, 0.25) is 0 Å². The molecular weight excluding hydrogens is 661 g/mol. The van der Waals surface area contributed by atoms with Crippen LogP contribution >= 0.6 is 0 Å². The number of benzene rings is 4. The van der Waals surface area contributed by atoms with Crippen molar-refractivity contribution in [2.75, 3.05) is 0 Å². The fraction of sp³-hybridized carbons (Fsp3) is 0.280. The fourth-order valence-corrected chi connectivity index (χ4v) is 10.1. The molecule has 0 fully saturated rings. The normalized spacial score (nSPS) is 14.2. The lowest BCUT2D eigenvalue weighted by Crippen LogP contribution is -2.25. The highest BCUT2D eigenvalue weighted by molar-refractivity contribution is 5.89. The van der Waals surface area contributed by atoms with Gasteiger partial charge in [0.25, 0.3) is 0 Å². The SMILES string of the molecule is CCCC1(CCC)c2cc(C=O)ccc2-c2ccc(-c3ccnc(-c4cc(-c5ccc6c(c5)C(CCC)(CCC)c5cc(C=O)ccc5-6)ccn4)c3)cc21. The van der Waals surface area contributed by atoms with Gasteiger partial charge in [0.05, 0.1) is 11.4 Å². The first-order chi connectivity index (χ1) is 26.4. The van der Waals surface area contributed by atoms with E-state index in [2.05, 4.69) is 113 Å². The summed E-state index contributed by atoms with van der Waals surface area (Å²) in [5.74, 6) is 0. The van der Waals surface area contributed by atoms with Crippen molar-refractivity contribution in [3.05, 3.63) is 143 Å². The zero-order valence-electron chi connectivity index (χ0n) is 31.9. The van der Waals surface area contributed by atoms with Crippen LogP contribution in [0.15, 0.2) is 109 Å². The monoisotopic (exact) mass is 708 g/mol. The molecule has 8 rings (SSSR count). The Labute approximate surface area is 319 Å². The fourth-order valence-electron chi connectivity index (χ4n) is 10.1. The van der Waals surface area contributed by atoms with Crippen molar-refractivity contribution in [2.24, 2.45) is 0 Å². The van der Waals surface area contributed by atoms with Crippen LogP contribution < -0.4 is 0 Å². The number of hydrogen-bond acceptors (Lipinski definition) is 4. The third-order valence-corrected chi connectivity index (χ3v) is 12.2. The minimum atomic E-state index is -0.116. The molecule has 0 spiro atoms. The zero-order chi connectivity index (χ0) is 37.5. The van der Waals surface area contributed by atoms with E-state index in [4.69, 9.17) is 9.97 Å². The molecule has 0 amide bonds. The average molecular weight is 709 g/mol. The van der Waals surface area contributed by atoms with E-state index in [9.17, 15) is 9.59 Å². The molecule has 0 bridgehead atoms. The zero-order valence-corrected chi connectivity index (χ0v) is 31.9. The van der Waals surface area contributed by atoms with Gasteiger partial charge in [0, 0.05) is 34.4 Å². The van der Waals surface area contributed by atoms with E-state index < -0.39 is 0 Å². The Bertz CT molecular complexity index is 2220. The molecule has 54 heavy (non-hydrogen) atoms. The van der Waals surface area contributed by atoms with Gasteiger partial charge in [0.2, 0.25) is 0 Å². The first-order valence-electron chi connectivity index (χ1n) is 19.9. The highest BCUT2D eigenvalue weighted by Crippen LogP contribution is 2.56. The molecule has 2 heterocycles. The third kappa shape index (κ3) is 5.66. The van der Waals surface area contributed by atoms with E-state index in [1.165, 1.54) is 44.5 Å². The Morgan fingerprint density at radius 1 is 0.426 bits per heavy atom. The van der Waals surface area contributed by atoms with Crippen LogP contribution in [0.1, 0.15) is 122 Å². The molecule has 0 atom stereocenters. The smallest absolute Gasteiger partial charge is 0.150 e. The lowest BCUT2D eigenvalue weighted by molar-refractivity contribution is 0.111. The highest BCUT2D eigenvalue weighted by atomic mass is 16.1. The molecule has 2 aliphatic rings. The number of carbonyl (C=O) groups is 2. The Hall–Kier alpha value is -5.48. The molecule has 0 radical (unpaired) electrons. The number of pyridine rings is 2. The summed E-state index contributed by atoms with van der Waals surface area (Å²) in [5, 5.41) is 0. The van der Waals surface area contributed by atoms with Gasteiger partial charge in [-0.25, -0.2) is 0 Å². The minimum absolute atomic E-state index is 0.116. The van der Waals surface area contributed by atoms with Gasteiger partial charge in [-0.1, -0.05) is 102 Å². The predicted octanol–water partition coefficient (Wildman–Crippen LogP) is 12.8. The van der Waals surface area contributed by atoms with Crippen LogP contribution in [0.3, 0.4) is 0 Å². The summed E-state index contributed by atoms with van der Waals surface area (Å²) in [5.41, 5.74) is 17.8. The van der Waals surface area contributed by atoms with Gasteiger partial charge in [0.15, 0.2) is 0 Å². The first kappa shape index (κ1) is 35.5. The molecule has 2 aliphatic carbocycles. The maximum atomic E-state index is 11.9. The summed E-state index contributed by atoms with van der Waals surface area (Å²) in [6, 6.07) is 34.8. The molecular formula is C50H48N2O2. The average Bonchev–Trinajstić information content (AvgIpc) is 3.63. The van der Waals surface area contributed by atoms with Gasteiger partial charge in [-0.2, -0.15) is 0 Å². The summed E-state index contributed by atoms with van der Waals surface area (Å²) in [7, 11) is 0. The van der Waals surface area contributed by atoms with Crippen molar-refractivity contribution < 1.29 is 9.59 Å². The van der Waals surface area contributed by atoms with Crippen LogP contribution in [0.5, 0.6) is 0 Å². The number of nitrogens with zero attached hydrogens (tertiary/aromatic N) is 2. The Morgan fingerprint density at radius 2 is 0.759 bits per heavy atom. The largest absolute Gasteiger partial charge is 0.298 e. The lowest BCUT2D eigenvalue weighted by atomic mass is 9.71. The number of fused-ring (bicyclic) bond motifs is 6. The molecule has 0 aliphatic heterocycles. The number of carbonyl (C=O) groups excluding carboxylic acids is 2. The second kappa shape index (κ2) is 14.4. The second-order valence-electron chi connectivity index (χ2n) is 15.4. The van der Waals surface area contributed by atoms with Gasteiger partial charge >= 0.3 is 0 Å². The molecule has 0 N–H and O–H groups in total. The standard InChI is InChI=1S/C50H48N2O2/c1-5-19-49(20-6-2)43-25-33(31-53)9-13-39(43)41-15-11-35(27-45(41)49)37-17-23-51-47(29-37)48-30-38(18-24-52-48)36-12-16-42-40-14-10-34(32-54)26-44(40)50(21-7-3,22-8-4)46(42)28-36/h9-18,23-32H,5-8,19-22H2,1-4H3. The van der Waals surface area contributed by atoms with Crippen molar-refractivity contribution >= 4 is 12.6 Å². The molecule has 0 saturated heterocycles. The van der Waals surface area contributed by atoms with Gasteiger partial charge in [0.1, 0.15) is 12.6 Å². The summed E-state index contributed by atoms with van der Waals surface area (Å²) >= 11 is 0. The lowest BCUT2D eigenvalue weighted by Gasteiger charge is -2.32. The van der Waals surface area contributed by atoms with E-state index in [1.54, 1.807) is 0 Å². The minimum Gasteiger partial charge on any atom is -0.298 e. The Kier molecular flexibility index (Phi) is 9.48. The first-order valence-corrected chi connectivity index (χ1v) is 19.9. The molecule has 4 nitrogen and oxygen atoms in total. The summed E-state index contributed by atoms with van der Waals surface area (Å²) < 4.78 is 0. The highest BCUT2D eigenvalue weighted by Gasteiger charge is 2.43. The van der Waals surface area contributed by atoms with Gasteiger partial charge < -0.3 is 0 Å². The number of aromatic nitrogens is 2. The third-order valence-electron chi connectivity index (χ3n) is 12.2. The van der Waals surface area contributed by atoms with Crippen LogP contribution in [-0.4, -0.2) is 22.5 Å². The quantitative estimate of drug-likeness (QED) is 0.112. The van der Waals surface area contributed by atoms with Crippen molar-refractivity contribution in [2.45, 2.75) is 89.9 Å².